The quantitative estimate of drug-likeness (QED) is 0.726. The van der Waals surface area contributed by atoms with Crippen LogP contribution in [0, 0.1) is 11.8 Å². The number of fused-ring (bicyclic) bond motifs is 1. The first kappa shape index (κ1) is 17.4. The number of ether oxygens (including phenoxy) is 1. The average Bonchev–Trinajstić information content (AvgIpc) is 2.65. The molecule has 0 radical (unpaired) electrons. The van der Waals surface area contributed by atoms with E-state index in [1.54, 1.807) is 18.2 Å². The van der Waals surface area contributed by atoms with E-state index >= 15 is 0 Å². The Balaban J connectivity index is 1.77. The molecule has 3 aromatic rings. The Morgan fingerprint density at radius 3 is 2.54 bits per heavy atom. The van der Waals surface area contributed by atoms with Gasteiger partial charge in [0.05, 0.1) is 10.9 Å². The van der Waals surface area contributed by atoms with Gasteiger partial charge in [0.2, 0.25) is 11.7 Å². The molecule has 2 aromatic carbocycles. The standard InChI is InChI=1S/C21H18N2O3/c1-14(2)16-11-9-15(10-12-16)6-5-13-26-20-17-7-3-4-8-18(17)22-19(23-20)21(24)25/h3-4,7-12,14H,13H2,1-2H3,(H,24,25). The first-order valence-electron chi connectivity index (χ1n) is 8.26. The van der Waals surface area contributed by atoms with Crippen LogP contribution in [0.25, 0.3) is 10.9 Å². The number of rotatable bonds is 4. The minimum atomic E-state index is -1.20. The predicted molar refractivity (Wildman–Crippen MR) is 99.4 cm³/mol. The number of benzene rings is 2. The lowest BCUT2D eigenvalue weighted by Crippen LogP contribution is -2.07. The SMILES string of the molecule is CC(C)c1ccc(C#CCOc2nc(C(=O)O)nc3ccccc23)cc1. The number of carboxylic acid groups (broad SMARTS) is 1. The van der Waals surface area contributed by atoms with Crippen molar-refractivity contribution in [2.45, 2.75) is 19.8 Å². The van der Waals surface area contributed by atoms with Gasteiger partial charge in [-0.3, -0.25) is 0 Å². The van der Waals surface area contributed by atoms with Crippen LogP contribution in [0.4, 0.5) is 0 Å². The van der Waals surface area contributed by atoms with E-state index in [1.165, 1.54) is 5.56 Å². The van der Waals surface area contributed by atoms with Crippen molar-refractivity contribution in [2.75, 3.05) is 6.61 Å². The topological polar surface area (TPSA) is 72.3 Å². The molecule has 0 aliphatic rings. The van der Waals surface area contributed by atoms with Crippen molar-refractivity contribution in [2.24, 2.45) is 0 Å². The Morgan fingerprint density at radius 2 is 1.85 bits per heavy atom. The van der Waals surface area contributed by atoms with Gasteiger partial charge in [-0.15, -0.1) is 0 Å². The summed E-state index contributed by atoms with van der Waals surface area (Å²) in [5, 5.41) is 9.80. The lowest BCUT2D eigenvalue weighted by atomic mass is 10.0. The minimum absolute atomic E-state index is 0.103. The molecule has 0 saturated carbocycles. The Hall–Kier alpha value is -3.39. The van der Waals surface area contributed by atoms with Gasteiger partial charge in [0, 0.05) is 5.56 Å². The van der Waals surface area contributed by atoms with Gasteiger partial charge < -0.3 is 9.84 Å². The number of hydrogen-bond donors (Lipinski definition) is 1. The summed E-state index contributed by atoms with van der Waals surface area (Å²) in [6.07, 6.45) is 0. The molecule has 0 saturated heterocycles. The number of para-hydroxylation sites is 1. The van der Waals surface area contributed by atoms with Gasteiger partial charge in [0.15, 0.2) is 6.61 Å². The molecule has 0 aliphatic heterocycles. The Morgan fingerprint density at radius 1 is 1.12 bits per heavy atom. The Bertz CT molecular complexity index is 999. The Kier molecular flexibility index (Phi) is 5.14. The highest BCUT2D eigenvalue weighted by molar-refractivity contribution is 5.89. The lowest BCUT2D eigenvalue weighted by Gasteiger charge is -2.06. The lowest BCUT2D eigenvalue weighted by molar-refractivity contribution is 0.0682. The second-order valence-corrected chi connectivity index (χ2v) is 6.04. The molecule has 5 nitrogen and oxygen atoms in total. The van der Waals surface area contributed by atoms with Crippen molar-refractivity contribution in [1.29, 1.82) is 0 Å². The van der Waals surface area contributed by atoms with Gasteiger partial charge >= 0.3 is 5.97 Å². The fourth-order valence-corrected chi connectivity index (χ4v) is 2.45. The number of hydrogen-bond acceptors (Lipinski definition) is 4. The second kappa shape index (κ2) is 7.66. The van der Waals surface area contributed by atoms with Crippen molar-refractivity contribution >= 4 is 16.9 Å². The van der Waals surface area contributed by atoms with Crippen molar-refractivity contribution in [3.05, 3.63) is 65.5 Å². The van der Waals surface area contributed by atoms with Crippen LogP contribution in [-0.2, 0) is 0 Å². The molecule has 3 rings (SSSR count). The van der Waals surface area contributed by atoms with Crippen LogP contribution >= 0.6 is 0 Å². The van der Waals surface area contributed by atoms with E-state index in [-0.39, 0.29) is 18.3 Å². The zero-order valence-electron chi connectivity index (χ0n) is 14.6. The van der Waals surface area contributed by atoms with Crippen LogP contribution in [0.1, 0.15) is 41.5 Å². The van der Waals surface area contributed by atoms with Crippen LogP contribution in [0.2, 0.25) is 0 Å². The summed E-state index contributed by atoms with van der Waals surface area (Å²) in [5.74, 6) is 5.17. The van der Waals surface area contributed by atoms with E-state index in [9.17, 15) is 4.79 Å². The molecule has 0 bridgehead atoms. The molecule has 0 atom stereocenters. The van der Waals surface area contributed by atoms with Crippen LogP contribution in [0.15, 0.2) is 48.5 Å². The van der Waals surface area contributed by atoms with Gasteiger partial charge in [-0.25, -0.2) is 9.78 Å². The first-order valence-corrected chi connectivity index (χ1v) is 8.26. The molecule has 0 fully saturated rings. The Labute approximate surface area is 151 Å². The average molecular weight is 346 g/mol. The van der Waals surface area contributed by atoms with E-state index in [1.807, 2.05) is 18.2 Å². The largest absolute Gasteiger partial charge is 0.475 e. The zero-order chi connectivity index (χ0) is 18.5. The molecule has 0 unspecified atom stereocenters. The van der Waals surface area contributed by atoms with Crippen LogP contribution in [0.5, 0.6) is 5.88 Å². The highest BCUT2D eigenvalue weighted by Crippen LogP contribution is 2.22. The third kappa shape index (κ3) is 3.98. The molecule has 0 spiro atoms. The summed E-state index contributed by atoms with van der Waals surface area (Å²) in [6, 6.07) is 15.2. The van der Waals surface area contributed by atoms with E-state index in [0.717, 1.165) is 5.56 Å². The molecule has 0 aliphatic carbocycles. The van der Waals surface area contributed by atoms with Crippen LogP contribution in [0.3, 0.4) is 0 Å². The fraction of sp³-hybridized carbons (Fsp3) is 0.190. The summed E-state index contributed by atoms with van der Waals surface area (Å²) in [4.78, 5) is 19.2. The molecule has 1 N–H and O–H groups in total. The summed E-state index contributed by atoms with van der Waals surface area (Å²) in [6.45, 7) is 4.39. The monoisotopic (exact) mass is 346 g/mol. The van der Waals surface area contributed by atoms with Crippen LogP contribution < -0.4 is 4.74 Å². The molecule has 1 heterocycles. The number of aromatic carboxylic acids is 1. The summed E-state index contributed by atoms with van der Waals surface area (Å²) < 4.78 is 5.61. The third-order valence-corrected chi connectivity index (χ3v) is 3.85. The van der Waals surface area contributed by atoms with Gasteiger partial charge in [-0.2, -0.15) is 4.98 Å². The highest BCUT2D eigenvalue weighted by atomic mass is 16.5. The van der Waals surface area contributed by atoms with E-state index < -0.39 is 5.97 Å². The van der Waals surface area contributed by atoms with Crippen molar-refractivity contribution in [3.8, 4) is 17.7 Å². The van der Waals surface area contributed by atoms with Gasteiger partial charge in [-0.05, 0) is 35.7 Å². The van der Waals surface area contributed by atoms with Gasteiger partial charge in [0.1, 0.15) is 0 Å². The van der Waals surface area contributed by atoms with Gasteiger partial charge in [-0.1, -0.05) is 50.0 Å². The summed E-state index contributed by atoms with van der Waals surface area (Å²) in [7, 11) is 0. The molecule has 1 aromatic heterocycles. The van der Waals surface area contributed by atoms with Crippen molar-refractivity contribution in [1.82, 2.24) is 9.97 Å². The second-order valence-electron chi connectivity index (χ2n) is 6.04. The molecular weight excluding hydrogens is 328 g/mol. The van der Waals surface area contributed by atoms with Crippen LogP contribution in [-0.4, -0.2) is 27.7 Å². The molecule has 130 valence electrons. The molecule has 5 heteroatoms. The van der Waals surface area contributed by atoms with Crippen molar-refractivity contribution < 1.29 is 14.6 Å². The minimum Gasteiger partial charge on any atom is -0.475 e. The van der Waals surface area contributed by atoms with Gasteiger partial charge in [0.25, 0.3) is 0 Å². The smallest absolute Gasteiger partial charge is 0.374 e. The predicted octanol–water partition coefficient (Wildman–Crippen LogP) is 3.88. The molecular formula is C21H18N2O3. The number of aromatic nitrogens is 2. The number of carboxylic acids is 1. The number of nitrogens with zero attached hydrogens (tertiary/aromatic N) is 2. The van der Waals surface area contributed by atoms with E-state index in [4.69, 9.17) is 9.84 Å². The maximum absolute atomic E-state index is 11.2. The summed E-state index contributed by atoms with van der Waals surface area (Å²) >= 11 is 0. The van der Waals surface area contributed by atoms with Crippen molar-refractivity contribution in [3.63, 3.8) is 0 Å². The summed E-state index contributed by atoms with van der Waals surface area (Å²) in [5.41, 5.74) is 2.68. The van der Waals surface area contributed by atoms with E-state index in [2.05, 4.69) is 47.8 Å². The third-order valence-electron chi connectivity index (χ3n) is 3.85. The maximum Gasteiger partial charge on any atom is 0.374 e. The number of carbonyl (C=O) groups is 1. The molecule has 26 heavy (non-hydrogen) atoms. The molecule has 0 amide bonds. The zero-order valence-corrected chi connectivity index (χ0v) is 14.6. The maximum atomic E-state index is 11.2. The fourth-order valence-electron chi connectivity index (χ4n) is 2.45. The van der Waals surface area contributed by atoms with E-state index in [0.29, 0.717) is 16.8 Å². The first-order chi connectivity index (χ1) is 12.5. The normalized spacial score (nSPS) is 10.4. The highest BCUT2D eigenvalue weighted by Gasteiger charge is 2.13.